The maximum Gasteiger partial charge on any atom is 0.451 e. The summed E-state index contributed by atoms with van der Waals surface area (Å²) in [6.07, 6.45) is -1.82. The van der Waals surface area contributed by atoms with Gasteiger partial charge in [-0.3, -0.25) is 0 Å². The number of halogens is 3. The molecule has 1 aromatic heterocycles. The molecule has 7 heteroatoms. The summed E-state index contributed by atoms with van der Waals surface area (Å²) in [4.78, 5) is 6.72. The standard InChI is InChI=1S/C10H12F3N3O/c1-14-7-5-8(17-6-3-2-4-6)16-9(15-7)10(11,12)13/h5-6H,2-4H2,1H3,(H,14,15,16). The van der Waals surface area contributed by atoms with E-state index < -0.39 is 12.0 Å². The van der Waals surface area contributed by atoms with Gasteiger partial charge < -0.3 is 10.1 Å². The Morgan fingerprint density at radius 3 is 2.53 bits per heavy atom. The first-order chi connectivity index (χ1) is 7.99. The topological polar surface area (TPSA) is 47.0 Å². The molecule has 1 aliphatic carbocycles. The van der Waals surface area contributed by atoms with Crippen LogP contribution in [0.5, 0.6) is 5.88 Å². The molecule has 1 fully saturated rings. The minimum atomic E-state index is -4.56. The van der Waals surface area contributed by atoms with Gasteiger partial charge in [0.1, 0.15) is 11.9 Å². The van der Waals surface area contributed by atoms with Gasteiger partial charge in [0.2, 0.25) is 11.7 Å². The van der Waals surface area contributed by atoms with Gasteiger partial charge >= 0.3 is 6.18 Å². The molecule has 0 atom stereocenters. The number of rotatable bonds is 3. The van der Waals surface area contributed by atoms with Gasteiger partial charge in [0.25, 0.3) is 0 Å². The third kappa shape index (κ3) is 2.78. The first-order valence-electron chi connectivity index (χ1n) is 5.30. The van der Waals surface area contributed by atoms with Crippen LogP contribution in [0.3, 0.4) is 0 Å². The van der Waals surface area contributed by atoms with E-state index in [2.05, 4.69) is 15.3 Å². The Hall–Kier alpha value is -1.53. The molecule has 1 heterocycles. The summed E-state index contributed by atoms with van der Waals surface area (Å²) in [6, 6.07) is 1.37. The minimum absolute atomic E-state index is 0.0179. The average Bonchev–Trinajstić information content (AvgIpc) is 2.22. The van der Waals surface area contributed by atoms with Gasteiger partial charge in [-0.2, -0.15) is 18.2 Å². The SMILES string of the molecule is CNc1cc(OC2CCC2)nc(C(F)(F)F)n1. The Kier molecular flexibility index (Phi) is 3.08. The van der Waals surface area contributed by atoms with Gasteiger partial charge in [-0.25, -0.2) is 4.98 Å². The van der Waals surface area contributed by atoms with Crippen LogP contribution in [0.2, 0.25) is 0 Å². The van der Waals surface area contributed by atoms with E-state index in [0.717, 1.165) is 19.3 Å². The number of anilines is 1. The van der Waals surface area contributed by atoms with Gasteiger partial charge in [-0.05, 0) is 19.3 Å². The Morgan fingerprint density at radius 1 is 1.35 bits per heavy atom. The molecule has 0 amide bonds. The predicted octanol–water partition coefficient (Wildman–Crippen LogP) is 2.47. The maximum absolute atomic E-state index is 12.5. The largest absolute Gasteiger partial charge is 0.474 e. The summed E-state index contributed by atoms with van der Waals surface area (Å²) < 4.78 is 42.9. The first-order valence-corrected chi connectivity index (χ1v) is 5.30. The summed E-state index contributed by atoms with van der Waals surface area (Å²) in [5.41, 5.74) is 0. The molecule has 0 bridgehead atoms. The van der Waals surface area contributed by atoms with E-state index in [1.807, 2.05) is 0 Å². The van der Waals surface area contributed by atoms with Crippen LogP contribution in [-0.2, 0) is 6.18 Å². The average molecular weight is 247 g/mol. The molecule has 0 aromatic carbocycles. The Balaban J connectivity index is 2.24. The van der Waals surface area contributed by atoms with Gasteiger partial charge in [0, 0.05) is 13.1 Å². The molecule has 94 valence electrons. The first kappa shape index (κ1) is 11.9. The third-order valence-electron chi connectivity index (χ3n) is 2.55. The molecular weight excluding hydrogens is 235 g/mol. The summed E-state index contributed by atoms with van der Waals surface area (Å²) in [7, 11) is 1.50. The van der Waals surface area contributed by atoms with Crippen molar-refractivity contribution in [1.29, 1.82) is 0 Å². The van der Waals surface area contributed by atoms with Crippen LogP contribution in [0.4, 0.5) is 19.0 Å². The van der Waals surface area contributed by atoms with E-state index in [4.69, 9.17) is 4.74 Å². The zero-order chi connectivity index (χ0) is 12.5. The fourth-order valence-electron chi connectivity index (χ4n) is 1.40. The molecule has 0 radical (unpaired) electrons. The highest BCUT2D eigenvalue weighted by Gasteiger charge is 2.36. The van der Waals surface area contributed by atoms with Crippen molar-refractivity contribution in [2.75, 3.05) is 12.4 Å². The molecule has 0 aliphatic heterocycles. The molecule has 0 spiro atoms. The van der Waals surface area contributed by atoms with E-state index in [1.54, 1.807) is 0 Å². The van der Waals surface area contributed by atoms with Crippen molar-refractivity contribution in [3.05, 3.63) is 11.9 Å². The van der Waals surface area contributed by atoms with E-state index in [1.165, 1.54) is 13.1 Å². The van der Waals surface area contributed by atoms with Gasteiger partial charge in [0.05, 0.1) is 0 Å². The molecule has 1 aliphatic rings. The van der Waals surface area contributed by atoms with E-state index in [0.29, 0.717) is 0 Å². The lowest BCUT2D eigenvalue weighted by Crippen LogP contribution is -2.25. The van der Waals surface area contributed by atoms with Crippen molar-refractivity contribution < 1.29 is 17.9 Å². The molecular formula is C10H12F3N3O. The lowest BCUT2D eigenvalue weighted by molar-refractivity contribution is -0.145. The summed E-state index contributed by atoms with van der Waals surface area (Å²) >= 11 is 0. The number of aromatic nitrogens is 2. The second-order valence-electron chi connectivity index (χ2n) is 3.83. The minimum Gasteiger partial charge on any atom is -0.474 e. The Morgan fingerprint density at radius 2 is 2.06 bits per heavy atom. The van der Waals surface area contributed by atoms with Crippen LogP contribution in [0, 0.1) is 0 Å². The van der Waals surface area contributed by atoms with Crippen LogP contribution in [0.25, 0.3) is 0 Å². The fraction of sp³-hybridized carbons (Fsp3) is 0.600. The number of nitrogens with one attached hydrogen (secondary N) is 1. The second kappa shape index (κ2) is 4.38. The third-order valence-corrected chi connectivity index (χ3v) is 2.55. The highest BCUT2D eigenvalue weighted by atomic mass is 19.4. The molecule has 0 unspecified atom stereocenters. The van der Waals surface area contributed by atoms with Gasteiger partial charge in [-0.15, -0.1) is 0 Å². The van der Waals surface area contributed by atoms with Crippen LogP contribution >= 0.6 is 0 Å². The lowest BCUT2D eigenvalue weighted by atomic mass is 9.96. The van der Waals surface area contributed by atoms with Crippen molar-refractivity contribution in [3.63, 3.8) is 0 Å². The van der Waals surface area contributed by atoms with Crippen LogP contribution in [0.15, 0.2) is 6.07 Å². The van der Waals surface area contributed by atoms with Gasteiger partial charge in [-0.1, -0.05) is 0 Å². The molecule has 4 nitrogen and oxygen atoms in total. The summed E-state index contributed by atoms with van der Waals surface area (Å²) in [5.74, 6) is -1.11. The number of nitrogens with zero attached hydrogens (tertiary/aromatic N) is 2. The summed E-state index contributed by atoms with van der Waals surface area (Å²) in [6.45, 7) is 0. The lowest BCUT2D eigenvalue weighted by Gasteiger charge is -2.26. The molecule has 1 aromatic rings. The zero-order valence-electron chi connectivity index (χ0n) is 9.21. The van der Waals surface area contributed by atoms with Crippen LogP contribution in [-0.4, -0.2) is 23.1 Å². The highest BCUT2D eigenvalue weighted by molar-refractivity contribution is 5.38. The van der Waals surface area contributed by atoms with E-state index >= 15 is 0 Å². The zero-order valence-corrected chi connectivity index (χ0v) is 9.21. The monoisotopic (exact) mass is 247 g/mol. The Bertz CT molecular complexity index is 404. The molecule has 2 rings (SSSR count). The normalized spacial score (nSPS) is 16.5. The van der Waals surface area contributed by atoms with E-state index in [9.17, 15) is 13.2 Å². The van der Waals surface area contributed by atoms with Crippen LogP contribution in [0.1, 0.15) is 25.1 Å². The van der Waals surface area contributed by atoms with Gasteiger partial charge in [0.15, 0.2) is 0 Å². The number of hydrogen-bond acceptors (Lipinski definition) is 4. The Labute approximate surface area is 96.2 Å². The summed E-state index contributed by atoms with van der Waals surface area (Å²) in [5, 5.41) is 2.56. The van der Waals surface area contributed by atoms with Crippen molar-refractivity contribution in [1.82, 2.24) is 9.97 Å². The van der Waals surface area contributed by atoms with E-state index in [-0.39, 0.29) is 17.8 Å². The number of alkyl halides is 3. The fourth-order valence-corrected chi connectivity index (χ4v) is 1.40. The molecule has 1 saturated carbocycles. The smallest absolute Gasteiger partial charge is 0.451 e. The van der Waals surface area contributed by atoms with Crippen molar-refractivity contribution >= 4 is 5.82 Å². The number of ether oxygens (including phenoxy) is 1. The second-order valence-corrected chi connectivity index (χ2v) is 3.83. The van der Waals surface area contributed by atoms with Crippen molar-refractivity contribution in [2.45, 2.75) is 31.5 Å². The number of hydrogen-bond donors (Lipinski definition) is 1. The molecule has 17 heavy (non-hydrogen) atoms. The highest BCUT2D eigenvalue weighted by Crippen LogP contribution is 2.30. The molecule has 0 saturated heterocycles. The van der Waals surface area contributed by atoms with Crippen molar-refractivity contribution in [3.8, 4) is 5.88 Å². The molecule has 1 N–H and O–H groups in total. The maximum atomic E-state index is 12.5. The predicted molar refractivity (Wildman–Crippen MR) is 54.8 cm³/mol. The quantitative estimate of drug-likeness (QED) is 0.891. The van der Waals surface area contributed by atoms with Crippen molar-refractivity contribution in [2.24, 2.45) is 0 Å². The van der Waals surface area contributed by atoms with Crippen LogP contribution < -0.4 is 10.1 Å².